The topological polar surface area (TPSA) is 80.6 Å². The number of rotatable bonds is 4. The number of pyridine rings is 1. The fraction of sp³-hybridized carbons (Fsp3) is 0.250. The molecule has 2 aromatic carbocycles. The predicted octanol–water partition coefficient (Wildman–Crippen LogP) is 4.54. The highest BCUT2D eigenvalue weighted by atomic mass is 31.0. The number of amides is 1. The van der Waals surface area contributed by atoms with Crippen molar-refractivity contribution in [2.45, 2.75) is 33.4 Å². The Bertz CT molecular complexity index is 1880. The Hall–Kier alpha value is -4.36. The van der Waals surface area contributed by atoms with Crippen molar-refractivity contribution in [3.63, 3.8) is 0 Å². The van der Waals surface area contributed by atoms with Gasteiger partial charge in [-0.2, -0.15) is 4.98 Å². The standard InChI is InChI=1S/C32H31FN5O3P/c1-6-24(39)36-12-13-37(19(5)15-36)31-22-14-18(4)25-26-20(9-10-23(33)29(26)42)16-41-28(25)27(22)38(32(40)35-31)30-21(17(2)3)8-7-11-34-30/h6-11,14,19H,1-2,12-13,15-16,42H2,3-5H3/t19-/m0/s1. The zero-order valence-electron chi connectivity index (χ0n) is 23.8. The molecule has 10 heteroatoms. The first-order chi connectivity index (χ1) is 20.1. The number of piperazine rings is 1. The third kappa shape index (κ3) is 4.31. The summed E-state index contributed by atoms with van der Waals surface area (Å²) in [7, 11) is 2.52. The second-order valence-corrected chi connectivity index (χ2v) is 11.4. The number of benzene rings is 2. The molecule has 2 atom stereocenters. The Morgan fingerprint density at radius 3 is 2.71 bits per heavy atom. The Kier molecular flexibility index (Phi) is 6.93. The predicted molar refractivity (Wildman–Crippen MR) is 167 cm³/mol. The van der Waals surface area contributed by atoms with E-state index in [1.807, 2.05) is 32.9 Å². The quantitative estimate of drug-likeness (QED) is 0.259. The summed E-state index contributed by atoms with van der Waals surface area (Å²) in [5, 5.41) is 1.14. The number of hydrogen-bond acceptors (Lipinski definition) is 6. The number of fused-ring (bicyclic) bond motifs is 5. The average molecular weight is 584 g/mol. The fourth-order valence-electron chi connectivity index (χ4n) is 6.05. The van der Waals surface area contributed by atoms with E-state index < -0.39 is 5.69 Å². The van der Waals surface area contributed by atoms with Crippen molar-refractivity contribution >= 4 is 42.7 Å². The average Bonchev–Trinajstić information content (AvgIpc) is 2.98. The highest BCUT2D eigenvalue weighted by Gasteiger charge is 2.33. The summed E-state index contributed by atoms with van der Waals surface area (Å²) in [4.78, 5) is 39.5. The van der Waals surface area contributed by atoms with E-state index in [4.69, 9.17) is 4.74 Å². The lowest BCUT2D eigenvalue weighted by Crippen LogP contribution is -2.54. The summed E-state index contributed by atoms with van der Waals surface area (Å²) in [6.45, 7) is 15.1. The highest BCUT2D eigenvalue weighted by molar-refractivity contribution is 7.28. The molecule has 4 heterocycles. The minimum Gasteiger partial charge on any atom is -0.486 e. The van der Waals surface area contributed by atoms with Gasteiger partial charge >= 0.3 is 5.69 Å². The van der Waals surface area contributed by atoms with Crippen LogP contribution in [0.3, 0.4) is 0 Å². The first-order valence-electron chi connectivity index (χ1n) is 13.7. The van der Waals surface area contributed by atoms with Crippen LogP contribution in [0.15, 0.2) is 60.6 Å². The van der Waals surface area contributed by atoms with Crippen LogP contribution in [0.5, 0.6) is 5.75 Å². The molecule has 0 bridgehead atoms. The van der Waals surface area contributed by atoms with Crippen molar-refractivity contribution in [3.8, 4) is 22.7 Å². The maximum Gasteiger partial charge on any atom is 0.355 e. The Morgan fingerprint density at radius 1 is 1.21 bits per heavy atom. The molecule has 1 saturated heterocycles. The van der Waals surface area contributed by atoms with Gasteiger partial charge in [0.1, 0.15) is 29.6 Å². The van der Waals surface area contributed by atoms with Crippen LogP contribution in [-0.2, 0) is 11.4 Å². The third-order valence-electron chi connectivity index (χ3n) is 8.05. The highest BCUT2D eigenvalue weighted by Crippen LogP contribution is 2.46. The molecule has 1 unspecified atom stereocenters. The van der Waals surface area contributed by atoms with Gasteiger partial charge in [0.25, 0.3) is 0 Å². The maximum atomic E-state index is 14.9. The van der Waals surface area contributed by atoms with E-state index in [1.165, 1.54) is 16.7 Å². The van der Waals surface area contributed by atoms with E-state index in [0.717, 1.165) is 27.8 Å². The van der Waals surface area contributed by atoms with E-state index in [0.29, 0.717) is 58.8 Å². The molecule has 4 aromatic rings. The number of carbonyl (C=O) groups is 1. The van der Waals surface area contributed by atoms with E-state index in [-0.39, 0.29) is 24.4 Å². The summed E-state index contributed by atoms with van der Waals surface area (Å²) in [5.74, 6) is 0.893. The Labute approximate surface area is 245 Å². The van der Waals surface area contributed by atoms with E-state index in [2.05, 4.69) is 37.3 Å². The first-order valence-corrected chi connectivity index (χ1v) is 14.3. The molecule has 2 aromatic heterocycles. The van der Waals surface area contributed by atoms with Crippen LogP contribution in [0, 0.1) is 12.7 Å². The lowest BCUT2D eigenvalue weighted by atomic mass is 9.91. The van der Waals surface area contributed by atoms with Crippen LogP contribution in [-0.4, -0.2) is 51.0 Å². The van der Waals surface area contributed by atoms with E-state index in [1.54, 1.807) is 23.2 Å². The van der Waals surface area contributed by atoms with Gasteiger partial charge in [-0.3, -0.25) is 4.79 Å². The maximum absolute atomic E-state index is 14.9. The fourth-order valence-corrected chi connectivity index (χ4v) is 6.47. The van der Waals surface area contributed by atoms with E-state index >= 15 is 0 Å². The zero-order chi connectivity index (χ0) is 29.9. The van der Waals surface area contributed by atoms with Crippen LogP contribution in [0.2, 0.25) is 0 Å². The number of aryl methyl sites for hydroxylation is 1. The van der Waals surface area contributed by atoms with Crippen molar-refractivity contribution in [1.82, 2.24) is 19.4 Å². The Morgan fingerprint density at radius 2 is 2.00 bits per heavy atom. The molecule has 8 nitrogen and oxygen atoms in total. The second-order valence-electron chi connectivity index (χ2n) is 10.8. The first kappa shape index (κ1) is 27.8. The third-order valence-corrected chi connectivity index (χ3v) is 8.62. The summed E-state index contributed by atoms with van der Waals surface area (Å²) in [5.41, 5.74) is 4.59. The molecule has 2 aliphatic heterocycles. The summed E-state index contributed by atoms with van der Waals surface area (Å²) in [6.07, 6.45) is 2.94. The van der Waals surface area contributed by atoms with Gasteiger partial charge < -0.3 is 14.5 Å². The monoisotopic (exact) mass is 583 g/mol. The molecular weight excluding hydrogens is 552 g/mol. The molecule has 2 aliphatic rings. The minimum absolute atomic E-state index is 0.125. The molecule has 0 saturated carbocycles. The van der Waals surface area contributed by atoms with Crippen LogP contribution in [0.4, 0.5) is 10.2 Å². The number of carbonyl (C=O) groups excluding carboxylic acids is 1. The number of halogens is 1. The number of ether oxygens (including phenoxy) is 1. The molecule has 0 radical (unpaired) electrons. The van der Waals surface area contributed by atoms with Crippen LogP contribution in [0.1, 0.15) is 30.5 Å². The van der Waals surface area contributed by atoms with E-state index in [9.17, 15) is 14.0 Å². The number of aromatic nitrogens is 3. The van der Waals surface area contributed by atoms with Crippen LogP contribution < -0.4 is 20.6 Å². The number of nitrogens with zero attached hydrogens (tertiary/aromatic N) is 5. The lowest BCUT2D eigenvalue weighted by molar-refractivity contribution is -0.126. The van der Waals surface area contributed by atoms with Gasteiger partial charge in [0.05, 0.1) is 0 Å². The zero-order valence-corrected chi connectivity index (χ0v) is 24.9. The van der Waals surface area contributed by atoms with Gasteiger partial charge in [-0.05, 0) is 67.8 Å². The summed E-state index contributed by atoms with van der Waals surface area (Å²) < 4.78 is 22.8. The largest absolute Gasteiger partial charge is 0.486 e. The summed E-state index contributed by atoms with van der Waals surface area (Å²) in [6, 6.07) is 8.69. The molecule has 0 N–H and O–H groups in total. The van der Waals surface area contributed by atoms with Gasteiger partial charge in [0, 0.05) is 59.3 Å². The smallest absolute Gasteiger partial charge is 0.355 e. The van der Waals surface area contributed by atoms with Crippen molar-refractivity contribution in [1.29, 1.82) is 0 Å². The lowest BCUT2D eigenvalue weighted by Gasteiger charge is -2.40. The molecular formula is C32H31FN5O3P. The van der Waals surface area contributed by atoms with Crippen LogP contribution in [0.25, 0.3) is 33.4 Å². The van der Waals surface area contributed by atoms with Gasteiger partial charge in [-0.25, -0.2) is 18.7 Å². The summed E-state index contributed by atoms with van der Waals surface area (Å²) >= 11 is 0. The number of anilines is 1. The second kappa shape index (κ2) is 10.5. The van der Waals surface area contributed by atoms with Crippen molar-refractivity contribution in [2.24, 2.45) is 0 Å². The van der Waals surface area contributed by atoms with Gasteiger partial charge in [-0.1, -0.05) is 19.2 Å². The van der Waals surface area contributed by atoms with Crippen LogP contribution >= 0.6 is 9.24 Å². The van der Waals surface area contributed by atoms with Crippen molar-refractivity contribution in [3.05, 3.63) is 88.8 Å². The van der Waals surface area contributed by atoms with Gasteiger partial charge in [0.2, 0.25) is 5.91 Å². The molecule has 1 fully saturated rings. The Balaban J connectivity index is 1.69. The normalized spacial score (nSPS) is 16.1. The minimum atomic E-state index is -0.527. The number of hydrogen-bond donors (Lipinski definition) is 0. The molecule has 0 spiro atoms. The van der Waals surface area contributed by atoms with Gasteiger partial charge in [-0.15, -0.1) is 9.24 Å². The van der Waals surface area contributed by atoms with Crippen molar-refractivity contribution in [2.75, 3.05) is 24.5 Å². The molecule has 6 rings (SSSR count). The van der Waals surface area contributed by atoms with Crippen molar-refractivity contribution < 1.29 is 13.9 Å². The van der Waals surface area contributed by atoms with Gasteiger partial charge in [0.15, 0.2) is 5.75 Å². The molecule has 214 valence electrons. The molecule has 0 aliphatic carbocycles. The number of allylic oxidation sites excluding steroid dienone is 1. The molecule has 1 amide bonds. The SMILES string of the molecule is C=CC(=O)N1CCN(c2nc(=O)n(-c3ncccc3C(=C)C)c3c4c(c(C)cc23)-c2c(ccc(F)c2P)CO4)[C@@H](C)C1. The molecule has 42 heavy (non-hydrogen) atoms.